The molecule has 1 saturated heterocycles. The van der Waals surface area contributed by atoms with Gasteiger partial charge in [0.15, 0.2) is 0 Å². The number of halogens is 7. The number of nitrogens with zero attached hydrogens (tertiary/aromatic N) is 4. The summed E-state index contributed by atoms with van der Waals surface area (Å²) in [5, 5.41) is 0. The number of nitrogens with one attached hydrogen (secondary N) is 1. The average Bonchev–Trinajstić information content (AvgIpc) is 3.12. The molecule has 0 spiro atoms. The van der Waals surface area contributed by atoms with E-state index in [0.29, 0.717) is 24.6 Å². The zero-order chi connectivity index (χ0) is 21.7. The lowest BCUT2D eigenvalue weighted by Gasteiger charge is -2.36. The third-order valence-electron chi connectivity index (χ3n) is 4.83. The lowest BCUT2D eigenvalue weighted by atomic mass is 10.2. The highest BCUT2D eigenvalue weighted by molar-refractivity contribution is 9.10. The molecule has 1 aliphatic heterocycles. The maximum Gasteiger partial charge on any atom is 0.419 e. The first-order valence-electron chi connectivity index (χ1n) is 8.82. The second-order valence-corrected chi connectivity index (χ2v) is 7.61. The number of aromatic amines is 1. The molecule has 5 nitrogen and oxygen atoms in total. The monoisotopic (exact) mass is 493 g/mol. The number of alkyl halides is 6. The Balaban J connectivity index is 1.55. The van der Waals surface area contributed by atoms with Crippen LogP contribution < -0.4 is 9.80 Å². The Labute approximate surface area is 174 Å². The molecular formula is C18H14BrF6N5. The molecule has 0 unspecified atom stereocenters. The lowest BCUT2D eigenvalue weighted by Crippen LogP contribution is -2.47. The fourth-order valence-electron chi connectivity index (χ4n) is 3.38. The van der Waals surface area contributed by atoms with Gasteiger partial charge in [-0.05, 0) is 40.2 Å². The summed E-state index contributed by atoms with van der Waals surface area (Å²) in [7, 11) is 0. The minimum absolute atomic E-state index is 0.133. The van der Waals surface area contributed by atoms with Crippen molar-refractivity contribution in [3.63, 3.8) is 0 Å². The standard InChI is InChI=1S/C18H14BrF6N5/c19-12-8-10(17(20,21)22)9-13-14(12)28-16(27-13)30-6-4-29(5-7-30)15-11(18(23,24)25)2-1-3-26-15/h1-3,8-9H,4-7H2,(H,27,28). The van der Waals surface area contributed by atoms with Gasteiger partial charge in [-0.2, -0.15) is 26.3 Å². The van der Waals surface area contributed by atoms with Crippen LogP contribution in [0.2, 0.25) is 0 Å². The molecule has 0 radical (unpaired) electrons. The van der Waals surface area contributed by atoms with Crippen LogP contribution in [0, 0.1) is 0 Å². The maximum absolute atomic E-state index is 13.2. The molecule has 0 amide bonds. The molecule has 1 fully saturated rings. The van der Waals surface area contributed by atoms with E-state index < -0.39 is 23.5 Å². The number of rotatable bonds is 2. The fraction of sp³-hybridized carbons (Fsp3) is 0.333. The molecule has 0 atom stereocenters. The molecule has 160 valence electrons. The Morgan fingerprint density at radius 2 is 1.60 bits per heavy atom. The zero-order valence-corrected chi connectivity index (χ0v) is 16.7. The predicted octanol–water partition coefficient (Wildman–Crippen LogP) is 5.08. The molecule has 3 heterocycles. The fourth-order valence-corrected chi connectivity index (χ4v) is 3.92. The van der Waals surface area contributed by atoms with Crippen molar-refractivity contribution in [1.29, 1.82) is 0 Å². The number of anilines is 2. The lowest BCUT2D eigenvalue weighted by molar-refractivity contribution is -0.138. The number of aromatic nitrogens is 3. The van der Waals surface area contributed by atoms with Crippen molar-refractivity contribution < 1.29 is 26.3 Å². The Kier molecular flexibility index (Phi) is 5.07. The van der Waals surface area contributed by atoms with Crippen molar-refractivity contribution in [3.8, 4) is 0 Å². The van der Waals surface area contributed by atoms with Crippen molar-refractivity contribution in [2.24, 2.45) is 0 Å². The first-order valence-corrected chi connectivity index (χ1v) is 9.62. The molecule has 30 heavy (non-hydrogen) atoms. The molecule has 3 aromatic rings. The first kappa shape index (κ1) is 20.8. The minimum Gasteiger partial charge on any atom is -0.353 e. The molecule has 2 aromatic heterocycles. The summed E-state index contributed by atoms with van der Waals surface area (Å²) in [5.74, 6) is 0.230. The van der Waals surface area contributed by atoms with Crippen LogP contribution in [0.3, 0.4) is 0 Å². The van der Waals surface area contributed by atoms with Crippen molar-refractivity contribution in [2.75, 3.05) is 36.0 Å². The molecule has 1 aliphatic rings. The summed E-state index contributed by atoms with van der Waals surface area (Å²) in [6.07, 6.45) is -7.69. The van der Waals surface area contributed by atoms with Gasteiger partial charge in [0.05, 0.1) is 16.6 Å². The predicted molar refractivity (Wildman–Crippen MR) is 102 cm³/mol. The van der Waals surface area contributed by atoms with Crippen LogP contribution in [-0.4, -0.2) is 41.1 Å². The number of imidazole rings is 1. The van der Waals surface area contributed by atoms with Gasteiger partial charge in [0.25, 0.3) is 0 Å². The summed E-state index contributed by atoms with van der Waals surface area (Å²) >= 11 is 3.12. The van der Waals surface area contributed by atoms with Crippen LogP contribution in [0.5, 0.6) is 0 Å². The van der Waals surface area contributed by atoms with Gasteiger partial charge in [0.1, 0.15) is 11.3 Å². The van der Waals surface area contributed by atoms with Crippen molar-refractivity contribution >= 4 is 38.7 Å². The Morgan fingerprint density at radius 3 is 2.23 bits per heavy atom. The number of pyridine rings is 1. The van der Waals surface area contributed by atoms with Crippen LogP contribution in [0.1, 0.15) is 11.1 Å². The van der Waals surface area contributed by atoms with E-state index in [1.165, 1.54) is 12.3 Å². The maximum atomic E-state index is 13.2. The number of H-pyrrole nitrogens is 1. The van der Waals surface area contributed by atoms with Crippen LogP contribution in [-0.2, 0) is 12.4 Å². The van der Waals surface area contributed by atoms with E-state index >= 15 is 0 Å². The smallest absolute Gasteiger partial charge is 0.353 e. The molecule has 4 rings (SSSR count). The highest BCUT2D eigenvalue weighted by Gasteiger charge is 2.36. The molecular weight excluding hydrogens is 480 g/mol. The van der Waals surface area contributed by atoms with E-state index in [2.05, 4.69) is 30.9 Å². The third-order valence-corrected chi connectivity index (χ3v) is 5.43. The third kappa shape index (κ3) is 3.92. The Hall–Kier alpha value is -2.50. The largest absolute Gasteiger partial charge is 0.419 e. The van der Waals surface area contributed by atoms with E-state index in [4.69, 9.17) is 0 Å². The molecule has 12 heteroatoms. The van der Waals surface area contributed by atoms with Gasteiger partial charge in [-0.25, -0.2) is 9.97 Å². The number of piperazine rings is 1. The van der Waals surface area contributed by atoms with Gasteiger partial charge >= 0.3 is 12.4 Å². The molecule has 1 aromatic carbocycles. The summed E-state index contributed by atoms with van der Waals surface area (Å²) in [6.45, 7) is 1.17. The van der Waals surface area contributed by atoms with Crippen LogP contribution in [0.25, 0.3) is 11.0 Å². The van der Waals surface area contributed by atoms with Gasteiger partial charge in [0, 0.05) is 36.8 Å². The molecule has 0 saturated carbocycles. The van der Waals surface area contributed by atoms with Gasteiger partial charge in [-0.15, -0.1) is 0 Å². The number of hydrogen-bond donors (Lipinski definition) is 1. The Bertz CT molecular complexity index is 1070. The van der Waals surface area contributed by atoms with E-state index in [9.17, 15) is 26.3 Å². The molecule has 1 N–H and O–H groups in total. The summed E-state index contributed by atoms with van der Waals surface area (Å²) in [5.41, 5.74) is -1.04. The minimum atomic E-state index is -4.51. The summed E-state index contributed by atoms with van der Waals surface area (Å²) in [6, 6.07) is 4.18. The second-order valence-electron chi connectivity index (χ2n) is 6.76. The molecule has 0 aliphatic carbocycles. The SMILES string of the molecule is FC(F)(F)c1cc(Br)c2nc(N3CCN(c4ncccc4C(F)(F)F)CC3)[nH]c2c1. The normalized spacial score (nSPS) is 15.8. The highest BCUT2D eigenvalue weighted by atomic mass is 79.9. The van der Waals surface area contributed by atoms with Gasteiger partial charge in [-0.3, -0.25) is 0 Å². The molecule has 0 bridgehead atoms. The number of hydrogen-bond acceptors (Lipinski definition) is 4. The quantitative estimate of drug-likeness (QED) is 0.505. The van der Waals surface area contributed by atoms with E-state index in [1.807, 2.05) is 0 Å². The summed E-state index contributed by atoms with van der Waals surface area (Å²) < 4.78 is 79.0. The highest BCUT2D eigenvalue weighted by Crippen LogP contribution is 2.37. The van der Waals surface area contributed by atoms with Crippen molar-refractivity contribution in [2.45, 2.75) is 12.4 Å². The van der Waals surface area contributed by atoms with Crippen LogP contribution >= 0.6 is 15.9 Å². The van der Waals surface area contributed by atoms with Crippen molar-refractivity contribution in [1.82, 2.24) is 15.0 Å². The van der Waals surface area contributed by atoms with Gasteiger partial charge < -0.3 is 14.8 Å². The van der Waals surface area contributed by atoms with Crippen molar-refractivity contribution in [3.05, 3.63) is 46.1 Å². The number of benzene rings is 1. The van der Waals surface area contributed by atoms with Gasteiger partial charge in [0.2, 0.25) is 5.95 Å². The number of fused-ring (bicyclic) bond motifs is 1. The topological polar surface area (TPSA) is 48.1 Å². The van der Waals surface area contributed by atoms with Crippen LogP contribution in [0.15, 0.2) is 34.9 Å². The van der Waals surface area contributed by atoms with E-state index in [-0.39, 0.29) is 28.9 Å². The summed E-state index contributed by atoms with van der Waals surface area (Å²) in [4.78, 5) is 14.5. The average molecular weight is 494 g/mol. The zero-order valence-electron chi connectivity index (χ0n) is 15.1. The van der Waals surface area contributed by atoms with Crippen LogP contribution in [0.4, 0.5) is 38.1 Å². The Morgan fingerprint density at radius 1 is 0.933 bits per heavy atom. The van der Waals surface area contributed by atoms with Gasteiger partial charge in [-0.1, -0.05) is 0 Å². The second kappa shape index (κ2) is 7.33. The van der Waals surface area contributed by atoms with E-state index in [1.54, 1.807) is 9.80 Å². The van der Waals surface area contributed by atoms with E-state index in [0.717, 1.165) is 18.2 Å². The first-order chi connectivity index (χ1) is 14.0.